The lowest BCUT2D eigenvalue weighted by atomic mass is 10.0. The Labute approximate surface area is 308 Å². The van der Waals surface area contributed by atoms with E-state index in [2.05, 4.69) is 48.1 Å². The number of methoxy groups -OCH3 is 1. The lowest BCUT2D eigenvalue weighted by molar-refractivity contribution is -0.164. The Morgan fingerprint density at radius 2 is 1.51 bits per heavy atom. The van der Waals surface area contributed by atoms with Crippen molar-refractivity contribution in [3.05, 3.63) is 77.9 Å². The number of amides is 2. The van der Waals surface area contributed by atoms with Gasteiger partial charge < -0.3 is 28.1 Å². The monoisotopic (exact) mass is 725 g/mol. The summed E-state index contributed by atoms with van der Waals surface area (Å²) in [4.78, 5) is 28.6. The lowest BCUT2D eigenvalue weighted by Crippen LogP contribution is -2.51. The largest absolute Gasteiger partial charge is 0.497 e. The molecule has 3 rings (SSSR count). The number of benzene rings is 2. The Balaban J connectivity index is 1.98. The standard InChI is InChI=1S/C41H63NO8Si/c1-28(2)23-38(47-25-34-17-19-35(45-11)20-18-34)37(21-22-49-51(30(5)6,31(7)8)32(9)10)50-39(27-46-24-33-15-13-12-14-16-33)40(43)42-36(29(3)4)26-48-41(42)44/h12-20,29-32,36-39H,1,21-27H2,2-11H3/t36-,37+,38-,39-/m0/s1. The van der Waals surface area contributed by atoms with E-state index in [9.17, 15) is 9.59 Å². The van der Waals surface area contributed by atoms with Gasteiger partial charge in [-0.05, 0) is 65.6 Å². The number of carbonyl (C=O) groups excluding carboxylic acids is 2. The van der Waals surface area contributed by atoms with Crippen molar-refractivity contribution in [2.45, 2.75) is 129 Å². The van der Waals surface area contributed by atoms with Crippen LogP contribution in [-0.4, -0.2) is 76.5 Å². The molecule has 2 aromatic rings. The molecule has 0 aliphatic carbocycles. The molecule has 9 nitrogen and oxygen atoms in total. The molecule has 1 saturated heterocycles. The maximum atomic E-state index is 14.4. The number of hydrogen-bond donors (Lipinski definition) is 0. The molecule has 1 heterocycles. The summed E-state index contributed by atoms with van der Waals surface area (Å²) < 4.78 is 37.3. The van der Waals surface area contributed by atoms with Gasteiger partial charge in [0.2, 0.25) is 0 Å². The second-order valence-corrected chi connectivity index (χ2v) is 20.5. The van der Waals surface area contributed by atoms with Crippen molar-refractivity contribution in [2.75, 3.05) is 26.9 Å². The van der Waals surface area contributed by atoms with E-state index in [4.69, 9.17) is 28.1 Å². The normalized spacial score (nSPS) is 16.9. The maximum Gasteiger partial charge on any atom is 0.417 e. The molecule has 0 N–H and O–H groups in total. The molecule has 0 unspecified atom stereocenters. The topological polar surface area (TPSA) is 92.8 Å². The predicted molar refractivity (Wildman–Crippen MR) is 204 cm³/mol. The summed E-state index contributed by atoms with van der Waals surface area (Å²) >= 11 is 0. The van der Waals surface area contributed by atoms with Gasteiger partial charge in [-0.2, -0.15) is 0 Å². The first-order valence-corrected chi connectivity index (χ1v) is 20.6. The summed E-state index contributed by atoms with van der Waals surface area (Å²) in [6, 6.07) is 17.1. The van der Waals surface area contributed by atoms with E-state index in [1.807, 2.05) is 75.4 Å². The van der Waals surface area contributed by atoms with Crippen molar-refractivity contribution in [1.29, 1.82) is 0 Å². The molecule has 51 heavy (non-hydrogen) atoms. The van der Waals surface area contributed by atoms with Gasteiger partial charge >= 0.3 is 6.09 Å². The van der Waals surface area contributed by atoms with Crippen LogP contribution >= 0.6 is 0 Å². The Morgan fingerprint density at radius 1 is 0.902 bits per heavy atom. The van der Waals surface area contributed by atoms with Gasteiger partial charge in [0.25, 0.3) is 5.91 Å². The molecular formula is C41H63NO8Si. The average molecular weight is 726 g/mol. The molecule has 0 bridgehead atoms. The molecule has 0 spiro atoms. The van der Waals surface area contributed by atoms with Crippen LogP contribution in [0.15, 0.2) is 66.7 Å². The fourth-order valence-corrected chi connectivity index (χ4v) is 12.8. The SMILES string of the molecule is C=C(C)C[C@H](OCc1ccc(OC)cc1)[C@@H](CCO[Si](C(C)C)(C(C)C)C(C)C)O[C@@H](COCc1ccccc1)C(=O)N1C(=O)OC[C@H]1C(C)C. The minimum absolute atomic E-state index is 0.000611. The van der Waals surface area contributed by atoms with Crippen LogP contribution in [0.4, 0.5) is 4.79 Å². The van der Waals surface area contributed by atoms with Gasteiger partial charge in [0.15, 0.2) is 14.4 Å². The minimum atomic E-state index is -2.20. The highest BCUT2D eigenvalue weighted by Crippen LogP contribution is 2.42. The Hall–Kier alpha value is -3.02. The number of nitrogens with zero attached hydrogens (tertiary/aromatic N) is 1. The number of ether oxygens (including phenoxy) is 5. The third-order valence-electron chi connectivity index (χ3n) is 9.96. The first-order chi connectivity index (χ1) is 24.2. The van der Waals surface area contributed by atoms with Crippen molar-refractivity contribution >= 4 is 20.3 Å². The molecule has 0 saturated carbocycles. The van der Waals surface area contributed by atoms with E-state index >= 15 is 0 Å². The second-order valence-electron chi connectivity index (χ2n) is 15.1. The van der Waals surface area contributed by atoms with Gasteiger partial charge in [0.05, 0.1) is 45.2 Å². The maximum absolute atomic E-state index is 14.4. The summed E-state index contributed by atoms with van der Waals surface area (Å²) in [5.74, 6) is 0.288. The Morgan fingerprint density at radius 3 is 2.06 bits per heavy atom. The lowest BCUT2D eigenvalue weighted by Gasteiger charge is -2.42. The van der Waals surface area contributed by atoms with E-state index in [0.29, 0.717) is 42.7 Å². The molecule has 4 atom stereocenters. The Kier molecular flexibility index (Phi) is 16.9. The molecule has 2 amide bonds. The second kappa shape index (κ2) is 20.3. The molecule has 284 valence electrons. The van der Waals surface area contributed by atoms with Crippen molar-refractivity contribution < 1.29 is 37.7 Å². The number of cyclic esters (lactones) is 1. The van der Waals surface area contributed by atoms with Gasteiger partial charge in [-0.1, -0.05) is 103 Å². The van der Waals surface area contributed by atoms with E-state index in [0.717, 1.165) is 22.4 Å². The van der Waals surface area contributed by atoms with Crippen LogP contribution in [-0.2, 0) is 41.4 Å². The van der Waals surface area contributed by atoms with Crippen LogP contribution in [0.3, 0.4) is 0 Å². The number of imide groups is 1. The first kappa shape index (κ1) is 42.4. The van der Waals surface area contributed by atoms with E-state index < -0.39 is 44.7 Å². The average Bonchev–Trinajstić information content (AvgIpc) is 3.48. The quantitative estimate of drug-likeness (QED) is 0.0877. The van der Waals surface area contributed by atoms with Crippen LogP contribution in [0, 0.1) is 5.92 Å². The van der Waals surface area contributed by atoms with Crippen LogP contribution in [0.1, 0.15) is 86.3 Å². The van der Waals surface area contributed by atoms with Gasteiger partial charge in [-0.3, -0.25) is 4.79 Å². The van der Waals surface area contributed by atoms with Crippen LogP contribution in [0.2, 0.25) is 16.6 Å². The van der Waals surface area contributed by atoms with Crippen LogP contribution in [0.5, 0.6) is 5.75 Å². The highest BCUT2D eigenvalue weighted by molar-refractivity contribution is 6.77. The molecule has 1 aliphatic rings. The molecular weight excluding hydrogens is 663 g/mol. The molecule has 2 aromatic carbocycles. The third kappa shape index (κ3) is 11.7. The minimum Gasteiger partial charge on any atom is -0.497 e. The molecule has 1 fully saturated rings. The number of hydrogen-bond acceptors (Lipinski definition) is 8. The molecule has 0 radical (unpaired) electrons. The van der Waals surface area contributed by atoms with Crippen molar-refractivity contribution in [2.24, 2.45) is 5.92 Å². The zero-order chi connectivity index (χ0) is 37.7. The Bertz CT molecular complexity index is 1340. The first-order valence-electron chi connectivity index (χ1n) is 18.5. The molecule has 10 heteroatoms. The van der Waals surface area contributed by atoms with Crippen molar-refractivity contribution in [1.82, 2.24) is 4.90 Å². The van der Waals surface area contributed by atoms with Gasteiger partial charge in [-0.25, -0.2) is 9.69 Å². The zero-order valence-electron chi connectivity index (χ0n) is 32.7. The van der Waals surface area contributed by atoms with Gasteiger partial charge in [0.1, 0.15) is 12.4 Å². The number of carbonyl (C=O) groups is 2. The fraction of sp³-hybridized carbons (Fsp3) is 0.610. The van der Waals surface area contributed by atoms with E-state index in [-0.39, 0.29) is 25.7 Å². The van der Waals surface area contributed by atoms with Gasteiger partial charge in [0, 0.05) is 6.61 Å². The van der Waals surface area contributed by atoms with Crippen molar-refractivity contribution in [3.8, 4) is 5.75 Å². The summed E-state index contributed by atoms with van der Waals surface area (Å²) in [7, 11) is -0.561. The molecule has 0 aromatic heterocycles. The van der Waals surface area contributed by atoms with Crippen molar-refractivity contribution in [3.63, 3.8) is 0 Å². The third-order valence-corrected chi connectivity index (χ3v) is 16.1. The van der Waals surface area contributed by atoms with E-state index in [1.54, 1.807) is 7.11 Å². The smallest absolute Gasteiger partial charge is 0.417 e. The van der Waals surface area contributed by atoms with E-state index in [1.165, 1.54) is 4.90 Å². The highest BCUT2D eigenvalue weighted by Gasteiger charge is 2.46. The van der Waals surface area contributed by atoms with Gasteiger partial charge in [-0.15, -0.1) is 6.58 Å². The fourth-order valence-electron chi connectivity index (χ4n) is 7.33. The summed E-state index contributed by atoms with van der Waals surface area (Å²) in [5, 5.41) is 0. The van der Waals surface area contributed by atoms with Crippen LogP contribution < -0.4 is 4.74 Å². The summed E-state index contributed by atoms with van der Waals surface area (Å²) in [6.45, 7) is 24.8. The summed E-state index contributed by atoms with van der Waals surface area (Å²) in [5.41, 5.74) is 4.08. The highest BCUT2D eigenvalue weighted by atomic mass is 28.4. The molecule has 1 aliphatic heterocycles. The summed E-state index contributed by atoms with van der Waals surface area (Å²) in [6.07, 6.45) is -1.81. The zero-order valence-corrected chi connectivity index (χ0v) is 33.7. The number of rotatable bonds is 22. The predicted octanol–water partition coefficient (Wildman–Crippen LogP) is 9.10. The van der Waals surface area contributed by atoms with Crippen LogP contribution in [0.25, 0.3) is 0 Å².